The zero-order valence-corrected chi connectivity index (χ0v) is 25.1. The number of nitrogens with zero attached hydrogens (tertiary/aromatic N) is 6. The van der Waals surface area contributed by atoms with E-state index in [0.717, 1.165) is 67.7 Å². The van der Waals surface area contributed by atoms with Gasteiger partial charge in [0.25, 0.3) is 0 Å². The van der Waals surface area contributed by atoms with Crippen LogP contribution in [0.2, 0.25) is 0 Å². The van der Waals surface area contributed by atoms with Gasteiger partial charge in [0.15, 0.2) is 5.13 Å². The Morgan fingerprint density at radius 2 is 1.26 bits per heavy atom. The first kappa shape index (κ1) is 26.7. The van der Waals surface area contributed by atoms with E-state index in [4.69, 9.17) is 24.7 Å². The highest BCUT2D eigenvalue weighted by Crippen LogP contribution is 2.53. The lowest BCUT2D eigenvalue weighted by Crippen LogP contribution is -2.25. The summed E-state index contributed by atoms with van der Waals surface area (Å²) in [5, 5.41) is 13.1. The number of benzene rings is 3. The van der Waals surface area contributed by atoms with E-state index in [1.54, 1.807) is 25.6 Å². The van der Waals surface area contributed by atoms with Crippen molar-refractivity contribution in [3.63, 3.8) is 0 Å². The van der Waals surface area contributed by atoms with Crippen LogP contribution in [0.25, 0.3) is 17.5 Å². The zero-order valence-electron chi connectivity index (χ0n) is 24.3. The number of rotatable bonds is 7. The second-order valence-corrected chi connectivity index (χ2v) is 11.1. The Bertz CT molecular complexity index is 1810. The maximum atomic E-state index is 5.45. The number of allylic oxidation sites excluding steroid dienone is 1. The van der Waals surface area contributed by atoms with Gasteiger partial charge in [-0.05, 0) is 67.9 Å². The summed E-state index contributed by atoms with van der Waals surface area (Å²) in [7, 11) is 3.35. The standard InChI is InChI=1S/C34H30N6O2S/c1-22-30-29(19-10-24-8-6-5-7-9-24)31-23(2)37-40(26-13-17-28(42-4)18-14-26)33(31)38(34-35-20-21-43-34)32(30)39(36-22)25-11-15-27(41-3)16-12-25/h5-21,29H,1-4H3/b19-10+. The Labute approximate surface area is 254 Å². The predicted octanol–water partition coefficient (Wildman–Crippen LogP) is 7.78. The SMILES string of the molecule is COc1ccc(-n2nc(C)c3c2N(c2nccs2)c2c(c(C)nn2-c2ccc(OC)cc2)C3/C=C/c2ccccc2)cc1. The third-order valence-electron chi connectivity index (χ3n) is 7.73. The van der Waals surface area contributed by atoms with Crippen LogP contribution < -0.4 is 14.4 Å². The van der Waals surface area contributed by atoms with Crippen LogP contribution in [0.1, 0.15) is 34.0 Å². The van der Waals surface area contributed by atoms with Gasteiger partial charge in [-0.3, -0.25) is 4.90 Å². The van der Waals surface area contributed by atoms with E-state index in [9.17, 15) is 0 Å². The molecule has 9 heteroatoms. The smallest absolute Gasteiger partial charge is 0.196 e. The van der Waals surface area contributed by atoms with Crippen LogP contribution in [-0.4, -0.2) is 38.8 Å². The van der Waals surface area contributed by atoms with Crippen molar-refractivity contribution in [2.24, 2.45) is 0 Å². The number of fused-ring (bicyclic) bond motifs is 2. The summed E-state index contributed by atoms with van der Waals surface area (Å²) in [5.74, 6) is 3.35. The fourth-order valence-corrected chi connectivity index (χ4v) is 6.38. The van der Waals surface area contributed by atoms with Crippen molar-refractivity contribution in [3.05, 3.63) is 125 Å². The summed E-state index contributed by atoms with van der Waals surface area (Å²) in [6.45, 7) is 4.16. The molecule has 0 radical (unpaired) electrons. The van der Waals surface area contributed by atoms with Gasteiger partial charge in [0, 0.05) is 28.6 Å². The third kappa shape index (κ3) is 4.58. The second-order valence-electron chi connectivity index (χ2n) is 10.3. The summed E-state index contributed by atoms with van der Waals surface area (Å²) in [6.07, 6.45) is 6.29. The first-order valence-electron chi connectivity index (χ1n) is 14.0. The number of methoxy groups -OCH3 is 2. The van der Waals surface area contributed by atoms with Gasteiger partial charge in [-0.25, -0.2) is 14.3 Å². The van der Waals surface area contributed by atoms with Crippen LogP contribution in [0.5, 0.6) is 11.5 Å². The molecule has 0 bridgehead atoms. The van der Waals surface area contributed by atoms with Crippen molar-refractivity contribution in [1.29, 1.82) is 0 Å². The van der Waals surface area contributed by atoms with Gasteiger partial charge in [0.05, 0.1) is 37.0 Å². The molecule has 0 saturated heterocycles. The van der Waals surface area contributed by atoms with Gasteiger partial charge < -0.3 is 9.47 Å². The first-order valence-corrected chi connectivity index (χ1v) is 14.9. The number of ether oxygens (including phenoxy) is 2. The van der Waals surface area contributed by atoms with Gasteiger partial charge in [0.2, 0.25) is 0 Å². The molecule has 1 aliphatic rings. The molecule has 0 atom stereocenters. The molecule has 43 heavy (non-hydrogen) atoms. The number of aryl methyl sites for hydroxylation is 2. The number of anilines is 3. The maximum Gasteiger partial charge on any atom is 0.196 e. The molecule has 0 spiro atoms. The second kappa shape index (κ2) is 10.9. The summed E-state index contributed by atoms with van der Waals surface area (Å²) in [6, 6.07) is 26.3. The van der Waals surface area contributed by atoms with Crippen molar-refractivity contribution >= 4 is 34.2 Å². The van der Waals surface area contributed by atoms with Crippen molar-refractivity contribution < 1.29 is 9.47 Å². The predicted molar refractivity (Wildman–Crippen MR) is 171 cm³/mol. The lowest BCUT2D eigenvalue weighted by molar-refractivity contribution is 0.414. The minimum absolute atomic E-state index is 0.0968. The number of hydrogen-bond acceptors (Lipinski definition) is 7. The van der Waals surface area contributed by atoms with Crippen LogP contribution in [0, 0.1) is 13.8 Å². The number of aromatic nitrogens is 5. The topological polar surface area (TPSA) is 70.2 Å². The molecule has 3 aromatic heterocycles. The van der Waals surface area contributed by atoms with E-state index >= 15 is 0 Å². The normalized spacial score (nSPS) is 12.9. The number of thiazole rings is 1. The largest absolute Gasteiger partial charge is 0.497 e. The van der Waals surface area contributed by atoms with Crippen LogP contribution >= 0.6 is 11.3 Å². The molecule has 0 unspecified atom stereocenters. The first-order chi connectivity index (χ1) is 21.1. The average molecular weight is 587 g/mol. The molecule has 7 rings (SSSR count). The minimum Gasteiger partial charge on any atom is -0.497 e. The Balaban J connectivity index is 1.52. The summed E-state index contributed by atoms with van der Waals surface area (Å²) in [4.78, 5) is 7.01. The van der Waals surface area contributed by atoms with Crippen LogP contribution in [0.15, 0.2) is 96.5 Å². The average Bonchev–Trinajstić information content (AvgIpc) is 3.79. The Kier molecular flexibility index (Phi) is 6.79. The van der Waals surface area contributed by atoms with Crippen molar-refractivity contribution in [1.82, 2.24) is 24.5 Å². The Morgan fingerprint density at radius 1 is 0.721 bits per heavy atom. The minimum atomic E-state index is -0.0968. The highest BCUT2D eigenvalue weighted by molar-refractivity contribution is 7.13. The van der Waals surface area contributed by atoms with Crippen molar-refractivity contribution in [3.8, 4) is 22.9 Å². The summed E-state index contributed by atoms with van der Waals surface area (Å²) >= 11 is 1.58. The fourth-order valence-electron chi connectivity index (χ4n) is 5.74. The molecule has 1 aliphatic heterocycles. The molecule has 3 aromatic carbocycles. The summed E-state index contributed by atoms with van der Waals surface area (Å²) in [5.41, 5.74) is 7.09. The molecule has 0 N–H and O–H groups in total. The maximum absolute atomic E-state index is 5.45. The van der Waals surface area contributed by atoms with E-state index in [2.05, 4.69) is 55.2 Å². The molecule has 0 aliphatic carbocycles. The van der Waals surface area contributed by atoms with Crippen molar-refractivity contribution in [2.45, 2.75) is 19.8 Å². The molecule has 6 aromatic rings. The highest BCUT2D eigenvalue weighted by Gasteiger charge is 2.41. The monoisotopic (exact) mass is 586 g/mol. The van der Waals surface area contributed by atoms with Crippen LogP contribution in [-0.2, 0) is 0 Å². The molecule has 0 amide bonds. The van der Waals surface area contributed by atoms with Gasteiger partial charge in [-0.2, -0.15) is 10.2 Å². The van der Waals surface area contributed by atoms with Gasteiger partial charge in [0.1, 0.15) is 23.1 Å². The van der Waals surface area contributed by atoms with Gasteiger partial charge in [-0.15, -0.1) is 11.3 Å². The molecule has 214 valence electrons. The Hall–Kier alpha value is -5.15. The third-order valence-corrected chi connectivity index (χ3v) is 8.49. The molecule has 4 heterocycles. The molecule has 0 fully saturated rings. The van der Waals surface area contributed by atoms with E-state index in [1.807, 2.05) is 75.5 Å². The number of hydrogen-bond donors (Lipinski definition) is 0. The molecule has 0 saturated carbocycles. The molecular formula is C34H30N6O2S. The lowest BCUT2D eigenvalue weighted by Gasteiger charge is -2.33. The zero-order chi connectivity index (χ0) is 29.5. The van der Waals surface area contributed by atoms with Crippen LogP contribution in [0.4, 0.5) is 16.8 Å². The molecular weight excluding hydrogens is 556 g/mol. The summed E-state index contributed by atoms with van der Waals surface area (Å²) < 4.78 is 14.9. The van der Waals surface area contributed by atoms with Gasteiger partial charge in [-0.1, -0.05) is 42.5 Å². The lowest BCUT2D eigenvalue weighted by atomic mass is 9.86. The van der Waals surface area contributed by atoms with E-state index in [-0.39, 0.29) is 5.92 Å². The Morgan fingerprint density at radius 3 is 1.72 bits per heavy atom. The van der Waals surface area contributed by atoms with E-state index in [1.165, 1.54) is 0 Å². The van der Waals surface area contributed by atoms with E-state index in [0.29, 0.717) is 0 Å². The van der Waals surface area contributed by atoms with Gasteiger partial charge >= 0.3 is 0 Å². The highest BCUT2D eigenvalue weighted by atomic mass is 32.1. The quantitative estimate of drug-likeness (QED) is 0.190. The van der Waals surface area contributed by atoms with E-state index < -0.39 is 0 Å². The fraction of sp³-hybridized carbons (Fsp3) is 0.147. The van der Waals surface area contributed by atoms with Crippen LogP contribution in [0.3, 0.4) is 0 Å². The van der Waals surface area contributed by atoms with Crippen molar-refractivity contribution in [2.75, 3.05) is 19.1 Å². The molecule has 8 nitrogen and oxygen atoms in total.